The number of urea groups is 1. The molecule has 6 heteroatoms. The number of hydrogen-bond acceptors (Lipinski definition) is 3. The van der Waals surface area contributed by atoms with E-state index in [2.05, 4.69) is 10.6 Å². The average Bonchev–Trinajstić information content (AvgIpc) is 2.61. The zero-order chi connectivity index (χ0) is 11.6. The SMILES string of the molecule is O=C(NC1CCC1)NC1(C(=O)O)CCOC1. The zero-order valence-electron chi connectivity index (χ0n) is 8.99. The highest BCUT2D eigenvalue weighted by Crippen LogP contribution is 2.20. The monoisotopic (exact) mass is 228 g/mol. The first-order valence-corrected chi connectivity index (χ1v) is 5.52. The van der Waals surface area contributed by atoms with Crippen molar-refractivity contribution in [2.45, 2.75) is 37.3 Å². The van der Waals surface area contributed by atoms with Crippen LogP contribution in [-0.4, -0.2) is 41.9 Å². The number of amides is 2. The van der Waals surface area contributed by atoms with Crippen molar-refractivity contribution in [2.24, 2.45) is 0 Å². The highest BCUT2D eigenvalue weighted by molar-refractivity contribution is 5.86. The second-order valence-electron chi connectivity index (χ2n) is 4.42. The third-order valence-corrected chi connectivity index (χ3v) is 3.22. The molecule has 16 heavy (non-hydrogen) atoms. The fraction of sp³-hybridized carbons (Fsp3) is 0.800. The van der Waals surface area contributed by atoms with Gasteiger partial charge in [0.05, 0.1) is 6.61 Å². The van der Waals surface area contributed by atoms with Crippen LogP contribution in [-0.2, 0) is 9.53 Å². The van der Waals surface area contributed by atoms with Crippen LogP contribution in [0.15, 0.2) is 0 Å². The van der Waals surface area contributed by atoms with E-state index in [0.29, 0.717) is 13.0 Å². The molecule has 2 fully saturated rings. The molecule has 0 aromatic heterocycles. The normalized spacial score (nSPS) is 29.5. The average molecular weight is 228 g/mol. The predicted octanol–water partition coefficient (Wildman–Crippen LogP) is 0.0818. The van der Waals surface area contributed by atoms with Crippen molar-refractivity contribution in [3.8, 4) is 0 Å². The van der Waals surface area contributed by atoms with E-state index < -0.39 is 17.5 Å². The van der Waals surface area contributed by atoms with Gasteiger partial charge in [0.25, 0.3) is 0 Å². The number of rotatable bonds is 3. The number of carbonyl (C=O) groups is 2. The topological polar surface area (TPSA) is 87.7 Å². The van der Waals surface area contributed by atoms with Gasteiger partial charge in [0, 0.05) is 19.1 Å². The first-order chi connectivity index (χ1) is 7.62. The molecule has 1 unspecified atom stereocenters. The lowest BCUT2D eigenvalue weighted by Crippen LogP contribution is -2.59. The van der Waals surface area contributed by atoms with Gasteiger partial charge >= 0.3 is 12.0 Å². The number of aliphatic carboxylic acids is 1. The van der Waals surface area contributed by atoms with Crippen LogP contribution < -0.4 is 10.6 Å². The van der Waals surface area contributed by atoms with Gasteiger partial charge in [-0.3, -0.25) is 0 Å². The molecule has 1 atom stereocenters. The smallest absolute Gasteiger partial charge is 0.332 e. The van der Waals surface area contributed by atoms with Crippen molar-refractivity contribution in [3.05, 3.63) is 0 Å². The Labute approximate surface area is 93.3 Å². The summed E-state index contributed by atoms with van der Waals surface area (Å²) in [5.74, 6) is -1.03. The first kappa shape index (κ1) is 11.2. The fourth-order valence-electron chi connectivity index (χ4n) is 1.88. The van der Waals surface area contributed by atoms with E-state index in [9.17, 15) is 9.59 Å². The summed E-state index contributed by atoms with van der Waals surface area (Å²) in [4.78, 5) is 22.7. The minimum absolute atomic E-state index is 0.0421. The number of hydrogen-bond donors (Lipinski definition) is 3. The van der Waals surface area contributed by atoms with Crippen molar-refractivity contribution in [1.29, 1.82) is 0 Å². The lowest BCUT2D eigenvalue weighted by atomic mass is 9.93. The maximum atomic E-state index is 11.6. The van der Waals surface area contributed by atoms with Crippen molar-refractivity contribution in [2.75, 3.05) is 13.2 Å². The summed E-state index contributed by atoms with van der Waals surface area (Å²) in [6.07, 6.45) is 3.40. The van der Waals surface area contributed by atoms with Gasteiger partial charge in [-0.15, -0.1) is 0 Å². The van der Waals surface area contributed by atoms with E-state index in [0.717, 1.165) is 19.3 Å². The van der Waals surface area contributed by atoms with Gasteiger partial charge in [0.15, 0.2) is 5.54 Å². The molecule has 1 aliphatic heterocycles. The Morgan fingerprint density at radius 2 is 2.12 bits per heavy atom. The van der Waals surface area contributed by atoms with Crippen molar-refractivity contribution in [3.63, 3.8) is 0 Å². The molecule has 2 aliphatic rings. The summed E-state index contributed by atoms with van der Waals surface area (Å²) < 4.78 is 5.04. The molecule has 1 saturated heterocycles. The Bertz CT molecular complexity index is 295. The van der Waals surface area contributed by atoms with Gasteiger partial charge < -0.3 is 20.5 Å². The molecular formula is C10H16N2O4. The third-order valence-electron chi connectivity index (χ3n) is 3.22. The van der Waals surface area contributed by atoms with Crippen LogP contribution in [0.5, 0.6) is 0 Å². The maximum Gasteiger partial charge on any atom is 0.332 e. The lowest BCUT2D eigenvalue weighted by molar-refractivity contribution is -0.144. The molecule has 1 saturated carbocycles. The van der Waals surface area contributed by atoms with Crippen molar-refractivity contribution >= 4 is 12.0 Å². The summed E-state index contributed by atoms with van der Waals surface area (Å²) in [6.45, 7) is 0.413. The Balaban J connectivity index is 1.89. The minimum Gasteiger partial charge on any atom is -0.479 e. The van der Waals surface area contributed by atoms with Gasteiger partial charge in [0.1, 0.15) is 0 Å². The number of carbonyl (C=O) groups excluding carboxylic acids is 1. The quantitative estimate of drug-likeness (QED) is 0.638. The van der Waals surface area contributed by atoms with Gasteiger partial charge in [-0.2, -0.15) is 0 Å². The molecule has 0 spiro atoms. The highest BCUT2D eigenvalue weighted by atomic mass is 16.5. The first-order valence-electron chi connectivity index (χ1n) is 5.52. The van der Waals surface area contributed by atoms with Gasteiger partial charge in [-0.25, -0.2) is 9.59 Å². The highest BCUT2D eigenvalue weighted by Gasteiger charge is 2.44. The van der Waals surface area contributed by atoms with Crippen LogP contribution in [0.2, 0.25) is 0 Å². The molecule has 6 nitrogen and oxygen atoms in total. The Hall–Kier alpha value is -1.30. The minimum atomic E-state index is -1.24. The molecule has 1 aliphatic carbocycles. The van der Waals surface area contributed by atoms with Crippen LogP contribution in [0.25, 0.3) is 0 Å². The number of ether oxygens (including phenoxy) is 1. The fourth-order valence-corrected chi connectivity index (χ4v) is 1.88. The van der Waals surface area contributed by atoms with Gasteiger partial charge in [0.2, 0.25) is 0 Å². The Kier molecular flexibility index (Phi) is 3.00. The van der Waals surface area contributed by atoms with E-state index >= 15 is 0 Å². The molecule has 2 amide bonds. The van der Waals surface area contributed by atoms with Crippen LogP contribution in [0, 0.1) is 0 Å². The van der Waals surface area contributed by atoms with E-state index in [1.807, 2.05) is 0 Å². The summed E-state index contributed by atoms with van der Waals surface area (Å²) >= 11 is 0. The van der Waals surface area contributed by atoms with Crippen molar-refractivity contribution in [1.82, 2.24) is 10.6 Å². The largest absolute Gasteiger partial charge is 0.479 e. The summed E-state index contributed by atoms with van der Waals surface area (Å²) in [7, 11) is 0. The molecule has 0 aromatic carbocycles. The van der Waals surface area contributed by atoms with Crippen LogP contribution in [0.1, 0.15) is 25.7 Å². The summed E-state index contributed by atoms with van der Waals surface area (Å²) in [5, 5.41) is 14.4. The van der Waals surface area contributed by atoms with Crippen LogP contribution in [0.3, 0.4) is 0 Å². The summed E-state index contributed by atoms with van der Waals surface area (Å²) in [5.41, 5.74) is -1.24. The number of carboxylic acid groups (broad SMARTS) is 1. The van der Waals surface area contributed by atoms with E-state index in [1.165, 1.54) is 0 Å². The molecule has 90 valence electrons. The standard InChI is InChI=1S/C10H16N2O4/c13-8(14)10(4-5-16-6-10)12-9(15)11-7-2-1-3-7/h7H,1-6H2,(H,13,14)(H2,11,12,15). The van der Waals surface area contributed by atoms with Gasteiger partial charge in [-0.1, -0.05) is 0 Å². The third kappa shape index (κ3) is 2.11. The molecule has 0 aromatic rings. The number of nitrogens with one attached hydrogen (secondary N) is 2. The Morgan fingerprint density at radius 3 is 2.56 bits per heavy atom. The Morgan fingerprint density at radius 1 is 1.38 bits per heavy atom. The lowest BCUT2D eigenvalue weighted by Gasteiger charge is -2.29. The molecule has 2 rings (SSSR count). The summed E-state index contributed by atoms with van der Waals surface area (Å²) in [6, 6.07) is -0.203. The predicted molar refractivity (Wildman–Crippen MR) is 55.1 cm³/mol. The van der Waals surface area contributed by atoms with Gasteiger partial charge in [-0.05, 0) is 19.3 Å². The van der Waals surface area contributed by atoms with Crippen molar-refractivity contribution < 1.29 is 19.4 Å². The second-order valence-corrected chi connectivity index (χ2v) is 4.42. The molecular weight excluding hydrogens is 212 g/mol. The molecule has 0 bridgehead atoms. The van der Waals surface area contributed by atoms with Crippen LogP contribution >= 0.6 is 0 Å². The number of carboxylic acids is 1. The zero-order valence-corrected chi connectivity index (χ0v) is 8.99. The van der Waals surface area contributed by atoms with E-state index in [1.54, 1.807) is 0 Å². The molecule has 1 heterocycles. The maximum absolute atomic E-state index is 11.6. The van der Waals surface area contributed by atoms with E-state index in [-0.39, 0.29) is 12.6 Å². The van der Waals surface area contributed by atoms with E-state index in [4.69, 9.17) is 9.84 Å². The molecule has 3 N–H and O–H groups in total. The molecule has 0 radical (unpaired) electrons. The second kappa shape index (κ2) is 4.29. The van der Waals surface area contributed by atoms with Crippen LogP contribution in [0.4, 0.5) is 4.79 Å².